The van der Waals surface area contributed by atoms with Crippen molar-refractivity contribution in [1.29, 1.82) is 10.5 Å². The van der Waals surface area contributed by atoms with E-state index < -0.39 is 0 Å². The summed E-state index contributed by atoms with van der Waals surface area (Å²) in [7, 11) is 0. The Morgan fingerprint density at radius 2 is 0.562 bits per heavy atom. The van der Waals surface area contributed by atoms with Gasteiger partial charge < -0.3 is 0 Å². The Kier molecular flexibility index (Phi) is 13.9. The van der Waals surface area contributed by atoms with Crippen LogP contribution in [0.25, 0.3) is 0 Å². The summed E-state index contributed by atoms with van der Waals surface area (Å²) in [4.78, 5) is 4.71. The molecule has 158 valence electrons. The molecule has 0 radical (unpaired) electrons. The Morgan fingerprint density at radius 1 is 0.375 bits per heavy atom. The molecule has 0 saturated heterocycles. The molecule has 4 aromatic carbocycles. The smallest absolute Gasteiger partial charge is 1.00 e. The molecule has 0 aliphatic heterocycles. The van der Waals surface area contributed by atoms with Crippen LogP contribution in [0.1, 0.15) is 0 Å². The predicted molar refractivity (Wildman–Crippen MR) is 116 cm³/mol. The van der Waals surface area contributed by atoms with Gasteiger partial charge in [0.25, 0.3) is 0 Å². The number of rotatable bonds is 4. The van der Waals surface area contributed by atoms with E-state index in [4.69, 9.17) is 0 Å². The first-order chi connectivity index (χ1) is 14.8. The Balaban J connectivity index is 0.000000301. The van der Waals surface area contributed by atoms with Gasteiger partial charge in [0.05, 0.1) is 0 Å². The predicted octanol–water partition coefficient (Wildman–Crippen LogP) is -2.52. The van der Waals surface area contributed by atoms with Crippen LogP contribution in [-0.4, -0.2) is 0 Å². The summed E-state index contributed by atoms with van der Waals surface area (Å²) in [6.45, 7) is 0. The zero-order chi connectivity index (χ0) is 21.0. The topological polar surface area (TPSA) is 47.6 Å². The molecule has 0 aromatic heterocycles. The average Bonchev–Trinajstić information content (AvgIpc) is 2.83. The van der Waals surface area contributed by atoms with Crippen molar-refractivity contribution >= 4 is 17.8 Å². The minimum Gasteiger partial charge on any atom is 1.00 e. The average molecular weight is 501 g/mol. The van der Waals surface area contributed by atoms with Crippen LogP contribution < -0.4 is 55.6 Å². The fourth-order valence-corrected chi connectivity index (χ4v) is 5.45. The Morgan fingerprint density at radius 3 is 0.719 bits per heavy atom. The van der Waals surface area contributed by atoms with Crippen LogP contribution in [-0.2, 0) is 27.8 Å². The van der Waals surface area contributed by atoms with Crippen LogP contribution in [0.15, 0.2) is 121 Å². The van der Waals surface area contributed by atoms with Crippen LogP contribution in [0, 0.1) is 20.5 Å². The molecule has 6 heteroatoms. The van der Waals surface area contributed by atoms with E-state index in [-0.39, 0.29) is 65.5 Å². The van der Waals surface area contributed by atoms with Crippen molar-refractivity contribution < 1.29 is 65.5 Å². The number of benzene rings is 4. The maximum absolute atomic E-state index is 9.19. The van der Waals surface area contributed by atoms with E-state index in [9.17, 15) is 10.5 Å². The molecule has 0 bridgehead atoms. The first kappa shape index (κ1) is 28.1. The summed E-state index contributed by atoms with van der Waals surface area (Å²) in [5.41, 5.74) is 0. The molecule has 0 spiro atoms. The van der Waals surface area contributed by atoms with Crippen LogP contribution in [0.3, 0.4) is 0 Å². The maximum Gasteiger partial charge on any atom is 1.00 e. The third kappa shape index (κ3) is 8.22. The van der Waals surface area contributed by atoms with Crippen LogP contribution >= 0.6 is 0 Å². The Labute approximate surface area is 223 Å². The molecule has 4 rings (SSSR count). The van der Waals surface area contributed by atoms with Gasteiger partial charge in [0.2, 0.25) is 0 Å². The largest absolute Gasteiger partial charge is 1.00 e. The van der Waals surface area contributed by atoms with Crippen molar-refractivity contribution in [2.45, 2.75) is 0 Å². The molecule has 0 saturated carbocycles. The molecule has 32 heavy (non-hydrogen) atoms. The zero-order valence-electron chi connectivity index (χ0n) is 18.0. The van der Waals surface area contributed by atoms with Gasteiger partial charge in [-0.3, -0.25) is 0 Å². The molecule has 0 fully saturated rings. The molecular formula is C26H20Cu2Li2N2. The Bertz CT molecular complexity index is 943. The van der Waals surface area contributed by atoms with E-state index in [1.54, 1.807) is 0 Å². The number of hydrogen-bond acceptors (Lipinski definition) is 2. The second kappa shape index (κ2) is 15.8. The van der Waals surface area contributed by atoms with Gasteiger partial charge in [0.15, 0.2) is 0 Å². The molecule has 0 aliphatic carbocycles. The summed E-state index contributed by atoms with van der Waals surface area (Å²) >= 11 is -0.759. The van der Waals surface area contributed by atoms with Gasteiger partial charge in [-0.25, -0.2) is 0 Å². The third-order valence-electron chi connectivity index (χ3n) is 3.66. The molecule has 4 aromatic rings. The van der Waals surface area contributed by atoms with Gasteiger partial charge in [0.1, 0.15) is 0 Å². The normalized spacial score (nSPS) is 9.81. The van der Waals surface area contributed by atoms with Crippen molar-refractivity contribution in [1.82, 2.24) is 0 Å². The van der Waals surface area contributed by atoms with Crippen molar-refractivity contribution in [2.75, 3.05) is 0 Å². The van der Waals surface area contributed by atoms with E-state index in [2.05, 4.69) is 9.94 Å². The summed E-state index contributed by atoms with van der Waals surface area (Å²) in [5.74, 6) is 0. The van der Waals surface area contributed by atoms with Gasteiger partial charge in [-0.2, -0.15) is 0 Å². The fourth-order valence-electron chi connectivity index (χ4n) is 2.36. The third-order valence-corrected chi connectivity index (χ3v) is 7.51. The molecule has 0 N–H and O–H groups in total. The van der Waals surface area contributed by atoms with E-state index >= 15 is 0 Å². The van der Waals surface area contributed by atoms with Crippen molar-refractivity contribution in [2.24, 2.45) is 0 Å². The summed E-state index contributed by atoms with van der Waals surface area (Å²) in [6, 6.07) is 39.6. The zero-order valence-corrected chi connectivity index (χ0v) is 19.9. The van der Waals surface area contributed by atoms with Crippen LogP contribution in [0.2, 0.25) is 0 Å². The molecule has 0 unspecified atom stereocenters. The van der Waals surface area contributed by atoms with Crippen molar-refractivity contribution in [3.05, 3.63) is 121 Å². The molecular weight excluding hydrogens is 481 g/mol. The molecule has 2 nitrogen and oxygen atoms in total. The summed E-state index contributed by atoms with van der Waals surface area (Å²) in [5, 5.41) is 18.4. The molecule has 0 aliphatic rings. The summed E-state index contributed by atoms with van der Waals surface area (Å²) < 4.78 is 4.27. The monoisotopic (exact) mass is 500 g/mol. The number of nitriles is 2. The van der Waals surface area contributed by atoms with Gasteiger partial charge in [-0.1, -0.05) is 0 Å². The van der Waals surface area contributed by atoms with E-state index in [0.29, 0.717) is 0 Å². The molecule has 0 atom stereocenters. The van der Waals surface area contributed by atoms with Gasteiger partial charge in [0, 0.05) is 0 Å². The minimum atomic E-state index is -0.379. The van der Waals surface area contributed by atoms with Crippen LogP contribution in [0.4, 0.5) is 0 Å². The van der Waals surface area contributed by atoms with E-state index in [1.165, 1.54) is 0 Å². The van der Waals surface area contributed by atoms with Crippen molar-refractivity contribution in [3.63, 3.8) is 0 Å². The number of nitrogens with zero attached hydrogens (tertiary/aromatic N) is 2. The van der Waals surface area contributed by atoms with Gasteiger partial charge >= 0.3 is 225 Å². The van der Waals surface area contributed by atoms with Crippen molar-refractivity contribution in [3.8, 4) is 9.94 Å². The fraction of sp³-hybridized carbons (Fsp3) is 0. The summed E-state index contributed by atoms with van der Waals surface area (Å²) in [6.07, 6.45) is 0. The molecule has 0 amide bonds. The van der Waals surface area contributed by atoms with Gasteiger partial charge in [-0.15, -0.1) is 0 Å². The minimum absolute atomic E-state index is 0. The second-order valence-electron chi connectivity index (χ2n) is 5.59. The Hall–Kier alpha value is -1.91. The first-order valence-electron chi connectivity index (χ1n) is 8.99. The SMILES string of the molecule is N#[C][Cu-]([c]1ccccc1)[c]1ccccc1.N#[C][Cu-]([c]1ccccc1)[c]1ccccc1.[Li+].[Li+]. The first-order valence-corrected chi connectivity index (χ1v) is 11.8. The quantitative estimate of drug-likeness (QED) is 0.290. The number of hydrogen-bond donors (Lipinski definition) is 0. The van der Waals surface area contributed by atoms with Crippen LogP contribution in [0.5, 0.6) is 0 Å². The maximum atomic E-state index is 9.19. The molecule has 0 heterocycles. The second-order valence-corrected chi connectivity index (χ2v) is 9.60. The van der Waals surface area contributed by atoms with Gasteiger partial charge in [-0.05, 0) is 0 Å². The standard InChI is InChI=1S/4C6H5.2CN.2Cu.2Li/c4*1-2-4-6-5-3-1;2*1-2;;;;/h4*1-5H;;;;;;/q;;;;;;2*-1;2*+1. The van der Waals surface area contributed by atoms with E-state index in [1.807, 2.05) is 121 Å². The van der Waals surface area contributed by atoms with E-state index in [0.717, 1.165) is 17.8 Å².